The highest BCUT2D eigenvalue weighted by Crippen LogP contribution is 2.32. The molecule has 1 aromatic carbocycles. The summed E-state index contributed by atoms with van der Waals surface area (Å²) in [7, 11) is -3.54. The van der Waals surface area contributed by atoms with Gasteiger partial charge in [0.25, 0.3) is 0 Å². The van der Waals surface area contributed by atoms with Crippen molar-refractivity contribution in [3.05, 3.63) is 23.3 Å². The molecule has 0 aliphatic carbocycles. The van der Waals surface area contributed by atoms with Crippen molar-refractivity contribution in [2.24, 2.45) is 0 Å². The van der Waals surface area contributed by atoms with Crippen molar-refractivity contribution in [1.29, 1.82) is 0 Å². The van der Waals surface area contributed by atoms with E-state index in [4.69, 9.17) is 5.11 Å². The van der Waals surface area contributed by atoms with E-state index < -0.39 is 10.0 Å². The molecule has 1 aliphatic heterocycles. The molecule has 0 unspecified atom stereocenters. The van der Waals surface area contributed by atoms with Gasteiger partial charge in [0.2, 0.25) is 10.0 Å². The van der Waals surface area contributed by atoms with Crippen LogP contribution < -0.4 is 5.32 Å². The Morgan fingerprint density at radius 3 is 2.80 bits per heavy atom. The number of aliphatic hydroxyl groups is 1. The van der Waals surface area contributed by atoms with Gasteiger partial charge in [0, 0.05) is 25.3 Å². The van der Waals surface area contributed by atoms with Crippen LogP contribution in [-0.2, 0) is 16.4 Å². The molecule has 0 fully saturated rings. The highest BCUT2D eigenvalue weighted by atomic mass is 32.2. The van der Waals surface area contributed by atoms with Crippen LogP contribution in [0.25, 0.3) is 0 Å². The number of aliphatic hydroxyl groups excluding tert-OH is 1. The Bertz CT molecular complexity index is 584. The van der Waals surface area contributed by atoms with E-state index in [9.17, 15) is 8.42 Å². The number of rotatable bonds is 5. The third-order valence-electron chi connectivity index (χ3n) is 3.70. The summed E-state index contributed by atoms with van der Waals surface area (Å²) < 4.78 is 26.8. The average Bonchev–Trinajstić information content (AvgIpc) is 2.45. The summed E-state index contributed by atoms with van der Waals surface area (Å²) in [5.41, 5.74) is 2.91. The zero-order valence-corrected chi connectivity index (χ0v) is 12.8. The van der Waals surface area contributed by atoms with Crippen molar-refractivity contribution in [3.63, 3.8) is 0 Å². The molecule has 0 radical (unpaired) electrons. The van der Waals surface area contributed by atoms with Crippen molar-refractivity contribution in [3.8, 4) is 0 Å². The number of sulfonamides is 1. The Kier molecular flexibility index (Phi) is 4.67. The second kappa shape index (κ2) is 6.11. The zero-order valence-electron chi connectivity index (χ0n) is 12.0. The molecule has 0 atom stereocenters. The molecule has 0 spiro atoms. The summed E-state index contributed by atoms with van der Waals surface area (Å²) >= 11 is 0. The molecule has 0 saturated heterocycles. The largest absolute Gasteiger partial charge is 0.395 e. The number of anilines is 1. The lowest BCUT2D eigenvalue weighted by Crippen LogP contribution is -2.34. The Labute approximate surface area is 120 Å². The molecule has 0 aromatic heterocycles. The van der Waals surface area contributed by atoms with Gasteiger partial charge in [-0.2, -0.15) is 4.31 Å². The number of hydrogen-bond acceptors (Lipinski definition) is 4. The number of aryl methyl sites for hydroxylation is 1. The van der Waals surface area contributed by atoms with Gasteiger partial charge >= 0.3 is 0 Å². The Balaban J connectivity index is 2.52. The van der Waals surface area contributed by atoms with Crippen molar-refractivity contribution in [1.82, 2.24) is 4.31 Å². The minimum atomic E-state index is -3.54. The minimum Gasteiger partial charge on any atom is -0.395 e. The fourth-order valence-corrected chi connectivity index (χ4v) is 4.35. The maximum atomic E-state index is 12.7. The third kappa shape index (κ3) is 2.68. The second-order valence-corrected chi connectivity index (χ2v) is 6.89. The Morgan fingerprint density at radius 2 is 2.15 bits per heavy atom. The van der Waals surface area contributed by atoms with Crippen LogP contribution in [0, 0.1) is 6.92 Å². The predicted octanol–water partition coefficient (Wildman–Crippen LogP) is 1.36. The number of benzene rings is 1. The summed E-state index contributed by atoms with van der Waals surface area (Å²) in [5, 5.41) is 12.3. The maximum absolute atomic E-state index is 12.7. The van der Waals surface area contributed by atoms with E-state index in [1.807, 2.05) is 13.0 Å². The number of fused-ring (bicyclic) bond motifs is 1. The lowest BCUT2D eigenvalue weighted by molar-refractivity contribution is 0.257. The van der Waals surface area contributed by atoms with E-state index in [-0.39, 0.29) is 13.2 Å². The van der Waals surface area contributed by atoms with Crippen molar-refractivity contribution < 1.29 is 13.5 Å². The third-order valence-corrected chi connectivity index (χ3v) is 5.76. The van der Waals surface area contributed by atoms with E-state index in [0.717, 1.165) is 36.2 Å². The van der Waals surface area contributed by atoms with Crippen molar-refractivity contribution in [2.45, 2.75) is 31.6 Å². The Hall–Kier alpha value is -1.11. The summed E-state index contributed by atoms with van der Waals surface area (Å²) in [6.07, 6.45) is 1.71. The van der Waals surface area contributed by atoms with Crippen LogP contribution in [0.4, 0.5) is 5.69 Å². The first-order valence-electron chi connectivity index (χ1n) is 6.99. The summed E-state index contributed by atoms with van der Waals surface area (Å²) in [6, 6.07) is 3.54. The Morgan fingerprint density at radius 1 is 1.40 bits per heavy atom. The summed E-state index contributed by atoms with van der Waals surface area (Å²) in [6.45, 7) is 4.98. The molecule has 20 heavy (non-hydrogen) atoms. The van der Waals surface area contributed by atoms with Crippen LogP contribution in [0.15, 0.2) is 17.0 Å². The molecule has 112 valence electrons. The van der Waals surface area contributed by atoms with Gasteiger partial charge in [0.1, 0.15) is 0 Å². The highest BCUT2D eigenvalue weighted by molar-refractivity contribution is 7.89. The van der Waals surface area contributed by atoms with E-state index in [1.165, 1.54) is 4.31 Å². The van der Waals surface area contributed by atoms with E-state index in [0.29, 0.717) is 11.4 Å². The van der Waals surface area contributed by atoms with Gasteiger partial charge in [-0.15, -0.1) is 0 Å². The predicted molar refractivity (Wildman–Crippen MR) is 79.5 cm³/mol. The normalized spacial score (nSPS) is 15.0. The average molecular weight is 298 g/mol. The number of hydrogen-bond donors (Lipinski definition) is 2. The summed E-state index contributed by atoms with van der Waals surface area (Å²) in [4.78, 5) is 0.376. The van der Waals surface area contributed by atoms with Gasteiger partial charge in [0.05, 0.1) is 11.5 Å². The van der Waals surface area contributed by atoms with Gasteiger partial charge in [-0.25, -0.2) is 8.42 Å². The molecule has 1 heterocycles. The van der Waals surface area contributed by atoms with Crippen molar-refractivity contribution >= 4 is 15.7 Å². The fraction of sp³-hybridized carbons (Fsp3) is 0.571. The number of nitrogens with zero attached hydrogens (tertiary/aromatic N) is 1. The van der Waals surface area contributed by atoms with E-state index in [2.05, 4.69) is 5.32 Å². The standard InChI is InChI=1S/C14H22N2O3S/c1-3-16(9-10-17)20(18,19)13-7-6-11(2)14-12(13)5-4-8-15-14/h6-7,15,17H,3-5,8-10H2,1-2H3. The van der Waals surface area contributed by atoms with Crippen LogP contribution >= 0.6 is 0 Å². The van der Waals surface area contributed by atoms with Crippen LogP contribution in [-0.4, -0.2) is 44.1 Å². The van der Waals surface area contributed by atoms with Gasteiger partial charge in [-0.05, 0) is 37.0 Å². The van der Waals surface area contributed by atoms with Crippen LogP contribution in [0.5, 0.6) is 0 Å². The molecule has 5 nitrogen and oxygen atoms in total. The monoisotopic (exact) mass is 298 g/mol. The number of likely N-dealkylation sites (N-methyl/N-ethyl adjacent to an activating group) is 1. The molecule has 0 bridgehead atoms. The first-order valence-corrected chi connectivity index (χ1v) is 8.43. The van der Waals surface area contributed by atoms with E-state index >= 15 is 0 Å². The molecule has 2 N–H and O–H groups in total. The van der Waals surface area contributed by atoms with Crippen molar-refractivity contribution in [2.75, 3.05) is 31.6 Å². The molecule has 1 aliphatic rings. The molecule has 0 saturated carbocycles. The quantitative estimate of drug-likeness (QED) is 0.861. The van der Waals surface area contributed by atoms with Gasteiger partial charge in [0.15, 0.2) is 0 Å². The molecular weight excluding hydrogens is 276 g/mol. The summed E-state index contributed by atoms with van der Waals surface area (Å²) in [5.74, 6) is 0. The van der Waals surface area contributed by atoms with Gasteiger partial charge < -0.3 is 10.4 Å². The first-order chi connectivity index (χ1) is 9.52. The van der Waals surface area contributed by atoms with Crippen LogP contribution in [0.2, 0.25) is 0 Å². The lowest BCUT2D eigenvalue weighted by atomic mass is 10.00. The first kappa shape index (κ1) is 15.3. The molecule has 2 rings (SSSR count). The van der Waals surface area contributed by atoms with Crippen LogP contribution in [0.3, 0.4) is 0 Å². The highest BCUT2D eigenvalue weighted by Gasteiger charge is 2.28. The smallest absolute Gasteiger partial charge is 0.243 e. The molecular formula is C14H22N2O3S. The zero-order chi connectivity index (χ0) is 14.8. The molecule has 1 aromatic rings. The lowest BCUT2D eigenvalue weighted by Gasteiger charge is -2.26. The van der Waals surface area contributed by atoms with Gasteiger partial charge in [-0.3, -0.25) is 0 Å². The molecule has 6 heteroatoms. The second-order valence-electron chi connectivity index (χ2n) is 4.98. The minimum absolute atomic E-state index is 0.134. The molecule has 0 amide bonds. The van der Waals surface area contributed by atoms with Gasteiger partial charge in [-0.1, -0.05) is 13.0 Å². The fourth-order valence-electron chi connectivity index (χ4n) is 2.66. The number of nitrogens with one attached hydrogen (secondary N) is 1. The van der Waals surface area contributed by atoms with Crippen LogP contribution in [0.1, 0.15) is 24.5 Å². The topological polar surface area (TPSA) is 69.6 Å². The maximum Gasteiger partial charge on any atom is 0.243 e. The SMILES string of the molecule is CCN(CCO)S(=O)(=O)c1ccc(C)c2c1CCCN2. The van der Waals surface area contributed by atoms with E-state index in [1.54, 1.807) is 13.0 Å².